The van der Waals surface area contributed by atoms with Crippen LogP contribution in [0.15, 0.2) is 33.5 Å². The Bertz CT molecular complexity index is 569. The van der Waals surface area contributed by atoms with Crippen molar-refractivity contribution in [3.8, 4) is 5.75 Å². The number of nitrogens with one attached hydrogen (secondary N) is 1. The number of hydrogen-bond donors (Lipinski definition) is 1. The summed E-state index contributed by atoms with van der Waals surface area (Å²) in [6.45, 7) is 0.842. The predicted molar refractivity (Wildman–Crippen MR) is 83.8 cm³/mol. The molecule has 0 aliphatic heterocycles. The Morgan fingerprint density at radius 3 is 2.74 bits per heavy atom. The molecular weight excluding hydrogens is 374 g/mol. The summed E-state index contributed by atoms with van der Waals surface area (Å²) in [6, 6.07) is 3.95. The van der Waals surface area contributed by atoms with Crippen molar-refractivity contribution in [2.24, 2.45) is 7.05 Å². The maximum Gasteiger partial charge on any atom is 0.135 e. The molecule has 0 amide bonds. The van der Waals surface area contributed by atoms with Crippen molar-refractivity contribution < 1.29 is 4.74 Å². The molecule has 0 bridgehead atoms. The number of benzene rings is 1. The van der Waals surface area contributed by atoms with Crippen LogP contribution in [0.3, 0.4) is 0 Å². The van der Waals surface area contributed by atoms with Gasteiger partial charge in [-0.1, -0.05) is 0 Å². The minimum absolute atomic E-state index is 0.812. The lowest BCUT2D eigenvalue weighted by Gasteiger charge is -2.11. The minimum Gasteiger partial charge on any atom is -0.495 e. The predicted octanol–water partition coefficient (Wildman–Crippen LogP) is 3.61. The molecular formula is C13H15Br2N3O. The second-order valence-electron chi connectivity index (χ2n) is 4.17. The Hall–Kier alpha value is -1.01. The number of hydrogen-bond acceptors (Lipinski definition) is 3. The number of anilines is 1. The van der Waals surface area contributed by atoms with E-state index < -0.39 is 0 Å². The monoisotopic (exact) mass is 387 g/mol. The molecule has 0 atom stereocenters. The number of ether oxygens (including phenoxy) is 1. The number of aromatic nitrogens is 2. The van der Waals surface area contributed by atoms with Crippen LogP contribution >= 0.6 is 31.9 Å². The lowest BCUT2D eigenvalue weighted by molar-refractivity contribution is 0.412. The smallest absolute Gasteiger partial charge is 0.135 e. The molecule has 1 aromatic carbocycles. The van der Waals surface area contributed by atoms with Crippen molar-refractivity contribution in [1.82, 2.24) is 9.78 Å². The fourth-order valence-electron chi connectivity index (χ4n) is 1.76. The second kappa shape index (κ2) is 6.43. The van der Waals surface area contributed by atoms with Crippen LogP contribution in [-0.4, -0.2) is 23.4 Å². The van der Waals surface area contributed by atoms with Crippen LogP contribution in [0, 0.1) is 0 Å². The number of aryl methyl sites for hydroxylation is 1. The molecule has 0 spiro atoms. The molecule has 4 nitrogen and oxygen atoms in total. The van der Waals surface area contributed by atoms with Gasteiger partial charge in [-0.15, -0.1) is 0 Å². The lowest BCUT2D eigenvalue weighted by Crippen LogP contribution is -2.05. The van der Waals surface area contributed by atoms with Crippen molar-refractivity contribution >= 4 is 37.5 Å². The van der Waals surface area contributed by atoms with Gasteiger partial charge in [-0.05, 0) is 49.9 Å². The normalized spacial score (nSPS) is 10.5. The average Bonchev–Trinajstić information content (AvgIpc) is 2.78. The van der Waals surface area contributed by atoms with Gasteiger partial charge in [0.2, 0.25) is 0 Å². The highest BCUT2D eigenvalue weighted by Gasteiger charge is 2.07. The van der Waals surface area contributed by atoms with Gasteiger partial charge < -0.3 is 10.1 Å². The lowest BCUT2D eigenvalue weighted by atomic mass is 10.2. The van der Waals surface area contributed by atoms with Crippen LogP contribution in [0.2, 0.25) is 0 Å². The van der Waals surface area contributed by atoms with Crippen LogP contribution in [0.25, 0.3) is 0 Å². The van der Waals surface area contributed by atoms with Gasteiger partial charge in [-0.2, -0.15) is 5.10 Å². The van der Waals surface area contributed by atoms with Gasteiger partial charge in [-0.3, -0.25) is 4.68 Å². The zero-order valence-corrected chi connectivity index (χ0v) is 14.0. The van der Waals surface area contributed by atoms with Gasteiger partial charge >= 0.3 is 0 Å². The Morgan fingerprint density at radius 1 is 1.32 bits per heavy atom. The summed E-state index contributed by atoms with van der Waals surface area (Å²) in [5, 5.41) is 7.54. The summed E-state index contributed by atoms with van der Waals surface area (Å²) < 4.78 is 9.04. The molecule has 2 aromatic rings. The molecule has 0 aliphatic rings. The summed E-state index contributed by atoms with van der Waals surface area (Å²) in [5.41, 5.74) is 2.24. The third-order valence-corrected chi connectivity index (χ3v) is 4.00. The van der Waals surface area contributed by atoms with Crippen LogP contribution < -0.4 is 10.1 Å². The van der Waals surface area contributed by atoms with Crippen LogP contribution in [0.4, 0.5) is 5.69 Å². The zero-order chi connectivity index (χ0) is 13.8. The van der Waals surface area contributed by atoms with E-state index in [0.29, 0.717) is 0 Å². The van der Waals surface area contributed by atoms with Gasteiger partial charge in [-0.25, -0.2) is 0 Å². The fourth-order valence-corrected chi connectivity index (χ4v) is 3.06. The average molecular weight is 389 g/mol. The van der Waals surface area contributed by atoms with E-state index in [0.717, 1.165) is 33.3 Å². The summed E-state index contributed by atoms with van der Waals surface area (Å²) in [6.07, 6.45) is 4.84. The van der Waals surface area contributed by atoms with Gasteiger partial charge in [0.15, 0.2) is 0 Å². The first kappa shape index (κ1) is 14.4. The SMILES string of the molecule is COc1cc(NCCc2cnn(C)c2)c(Br)cc1Br. The molecule has 0 aliphatic carbocycles. The summed E-state index contributed by atoms with van der Waals surface area (Å²) in [7, 11) is 3.58. The largest absolute Gasteiger partial charge is 0.495 e. The Balaban J connectivity index is 1.99. The van der Waals surface area contributed by atoms with Crippen LogP contribution in [-0.2, 0) is 13.5 Å². The van der Waals surface area contributed by atoms with E-state index in [1.54, 1.807) is 7.11 Å². The molecule has 1 aromatic heterocycles. The molecule has 2 rings (SSSR count). The van der Waals surface area contributed by atoms with E-state index in [1.807, 2.05) is 36.3 Å². The van der Waals surface area contributed by atoms with Crippen LogP contribution in [0.5, 0.6) is 5.75 Å². The highest BCUT2D eigenvalue weighted by atomic mass is 79.9. The van der Waals surface area contributed by atoms with Crippen molar-refractivity contribution in [3.05, 3.63) is 39.0 Å². The van der Waals surface area contributed by atoms with Crippen LogP contribution in [0.1, 0.15) is 5.56 Å². The molecule has 0 radical (unpaired) electrons. The summed E-state index contributed by atoms with van der Waals surface area (Å²) >= 11 is 6.99. The van der Waals surface area contributed by atoms with Gasteiger partial charge in [0.25, 0.3) is 0 Å². The maximum absolute atomic E-state index is 5.29. The third-order valence-electron chi connectivity index (χ3n) is 2.73. The Labute approximate surface area is 129 Å². The number of methoxy groups -OCH3 is 1. The van der Waals surface area contributed by atoms with E-state index in [4.69, 9.17) is 4.74 Å². The molecule has 0 saturated heterocycles. The number of nitrogens with zero attached hydrogens (tertiary/aromatic N) is 2. The first-order valence-corrected chi connectivity index (χ1v) is 7.43. The van der Waals surface area contributed by atoms with E-state index in [2.05, 4.69) is 42.3 Å². The van der Waals surface area contributed by atoms with Crippen molar-refractivity contribution in [2.75, 3.05) is 19.0 Å². The summed E-state index contributed by atoms with van der Waals surface area (Å²) in [4.78, 5) is 0. The Kier molecular flexibility index (Phi) is 4.87. The van der Waals surface area contributed by atoms with Crippen molar-refractivity contribution in [3.63, 3.8) is 0 Å². The van der Waals surface area contributed by atoms with E-state index >= 15 is 0 Å². The highest BCUT2D eigenvalue weighted by molar-refractivity contribution is 9.11. The topological polar surface area (TPSA) is 39.1 Å². The molecule has 0 saturated carbocycles. The fraction of sp³-hybridized carbons (Fsp3) is 0.308. The van der Waals surface area contributed by atoms with Gasteiger partial charge in [0.05, 0.1) is 23.5 Å². The van der Waals surface area contributed by atoms with E-state index in [9.17, 15) is 0 Å². The molecule has 1 heterocycles. The molecule has 1 N–H and O–H groups in total. The van der Waals surface area contributed by atoms with E-state index in [1.165, 1.54) is 5.56 Å². The first-order valence-electron chi connectivity index (χ1n) is 5.84. The molecule has 102 valence electrons. The number of halogens is 2. The zero-order valence-electron chi connectivity index (χ0n) is 10.8. The molecule has 0 fully saturated rings. The third kappa shape index (κ3) is 3.73. The maximum atomic E-state index is 5.29. The molecule has 19 heavy (non-hydrogen) atoms. The van der Waals surface area contributed by atoms with Gasteiger partial charge in [0, 0.05) is 30.3 Å². The second-order valence-corrected chi connectivity index (χ2v) is 5.87. The molecule has 0 unspecified atom stereocenters. The highest BCUT2D eigenvalue weighted by Crippen LogP contribution is 2.34. The minimum atomic E-state index is 0.812. The molecule has 6 heteroatoms. The number of rotatable bonds is 5. The van der Waals surface area contributed by atoms with Crippen molar-refractivity contribution in [1.29, 1.82) is 0 Å². The first-order chi connectivity index (χ1) is 9.10. The standard InChI is InChI=1S/C13H15Br2N3O/c1-18-8-9(7-17-18)3-4-16-12-6-13(19-2)11(15)5-10(12)14/h5-8,16H,3-4H2,1-2H3. The van der Waals surface area contributed by atoms with E-state index in [-0.39, 0.29) is 0 Å². The van der Waals surface area contributed by atoms with Gasteiger partial charge in [0.1, 0.15) is 5.75 Å². The van der Waals surface area contributed by atoms with Crippen molar-refractivity contribution in [2.45, 2.75) is 6.42 Å². The Morgan fingerprint density at radius 2 is 2.11 bits per heavy atom. The summed E-state index contributed by atoms with van der Waals surface area (Å²) in [5.74, 6) is 0.812. The quantitative estimate of drug-likeness (QED) is 0.850.